The van der Waals surface area contributed by atoms with Crippen molar-refractivity contribution in [3.8, 4) is 17.2 Å². The molecule has 3 aromatic rings. The van der Waals surface area contributed by atoms with E-state index in [1.807, 2.05) is 12.1 Å². The van der Waals surface area contributed by atoms with Crippen molar-refractivity contribution < 1.29 is 19.0 Å². The van der Waals surface area contributed by atoms with E-state index >= 15 is 0 Å². The molecule has 0 aromatic heterocycles. The van der Waals surface area contributed by atoms with Crippen molar-refractivity contribution in [3.63, 3.8) is 0 Å². The molecule has 0 fully saturated rings. The van der Waals surface area contributed by atoms with Gasteiger partial charge in [-0.05, 0) is 66.6 Å². The Morgan fingerprint density at radius 1 is 0.970 bits per heavy atom. The summed E-state index contributed by atoms with van der Waals surface area (Å²) in [6.45, 7) is 1.96. The lowest BCUT2D eigenvalue weighted by Crippen LogP contribution is -2.33. The third kappa shape index (κ3) is 7.29. The molecule has 0 unspecified atom stereocenters. The lowest BCUT2D eigenvalue weighted by molar-refractivity contribution is -0.127. The van der Waals surface area contributed by atoms with Crippen molar-refractivity contribution in [2.45, 2.75) is 19.6 Å². The van der Waals surface area contributed by atoms with Crippen molar-refractivity contribution >= 4 is 46.9 Å². The van der Waals surface area contributed by atoms with Crippen LogP contribution in [0.5, 0.6) is 17.2 Å². The molecule has 6 nitrogen and oxygen atoms in total. The molecule has 0 bridgehead atoms. The van der Waals surface area contributed by atoms with Crippen LogP contribution in [-0.4, -0.2) is 25.3 Å². The number of halogens is 3. The average molecular weight is 508 g/mol. The summed E-state index contributed by atoms with van der Waals surface area (Å²) < 4.78 is 16.8. The van der Waals surface area contributed by atoms with Crippen LogP contribution in [0.25, 0.3) is 0 Å². The van der Waals surface area contributed by atoms with Crippen LogP contribution in [0, 0.1) is 0 Å². The number of hydrogen-bond donors (Lipinski definition) is 1. The normalized spacial score (nSPS) is 11.8. The summed E-state index contributed by atoms with van der Waals surface area (Å²) in [5.41, 5.74) is 4.13. The predicted octanol–water partition coefficient (Wildman–Crippen LogP) is 6.15. The van der Waals surface area contributed by atoms with E-state index in [1.165, 1.54) is 12.3 Å². The standard InChI is InChI=1S/C24H21Cl3N2O4/c1-15(33-21-10-8-19(26)12-20(21)27)24(30)29-28-13-17-5-9-22(23(11-17)31-2)32-14-16-3-6-18(25)7-4-16/h3-13,15H,14H2,1-2H3,(H,29,30)/b28-13-/t15-/m0/s1. The van der Waals surface area contributed by atoms with Gasteiger partial charge in [0.2, 0.25) is 0 Å². The van der Waals surface area contributed by atoms with Gasteiger partial charge in [-0.3, -0.25) is 4.79 Å². The maximum Gasteiger partial charge on any atom is 0.280 e. The number of carbonyl (C=O) groups excluding carboxylic acids is 1. The molecule has 0 aliphatic rings. The van der Waals surface area contributed by atoms with Gasteiger partial charge in [0.05, 0.1) is 18.3 Å². The van der Waals surface area contributed by atoms with Crippen LogP contribution in [0.4, 0.5) is 0 Å². The Kier molecular flexibility index (Phi) is 8.83. The maximum atomic E-state index is 12.3. The molecule has 0 aliphatic heterocycles. The molecule has 1 atom stereocenters. The van der Waals surface area contributed by atoms with Gasteiger partial charge in [-0.25, -0.2) is 5.43 Å². The van der Waals surface area contributed by atoms with E-state index in [0.29, 0.717) is 44.5 Å². The predicted molar refractivity (Wildman–Crippen MR) is 131 cm³/mol. The molecule has 0 radical (unpaired) electrons. The van der Waals surface area contributed by atoms with Gasteiger partial charge in [-0.2, -0.15) is 5.10 Å². The number of hydrogen-bond acceptors (Lipinski definition) is 5. The van der Waals surface area contributed by atoms with E-state index in [1.54, 1.807) is 56.5 Å². The fourth-order valence-corrected chi connectivity index (χ4v) is 3.28. The van der Waals surface area contributed by atoms with Crippen molar-refractivity contribution in [1.82, 2.24) is 5.43 Å². The minimum atomic E-state index is -0.820. The third-order valence-electron chi connectivity index (χ3n) is 4.45. The molecule has 0 saturated carbocycles. The zero-order valence-corrected chi connectivity index (χ0v) is 20.1. The van der Waals surface area contributed by atoms with E-state index in [2.05, 4.69) is 10.5 Å². The van der Waals surface area contributed by atoms with E-state index in [4.69, 9.17) is 49.0 Å². The number of ether oxygens (including phenoxy) is 3. The Bertz CT molecular complexity index is 1140. The Labute approximate surface area is 207 Å². The average Bonchev–Trinajstić information content (AvgIpc) is 2.80. The van der Waals surface area contributed by atoms with Crippen molar-refractivity contribution in [2.75, 3.05) is 7.11 Å². The van der Waals surface area contributed by atoms with E-state index in [9.17, 15) is 4.79 Å². The maximum absolute atomic E-state index is 12.3. The van der Waals surface area contributed by atoms with E-state index in [-0.39, 0.29) is 0 Å². The Hall–Kier alpha value is -2.93. The van der Waals surface area contributed by atoms with E-state index < -0.39 is 12.0 Å². The largest absolute Gasteiger partial charge is 0.493 e. The Morgan fingerprint density at radius 3 is 2.36 bits per heavy atom. The molecular formula is C24H21Cl3N2O4. The second kappa shape index (κ2) is 11.8. The monoisotopic (exact) mass is 506 g/mol. The number of benzene rings is 3. The van der Waals surface area contributed by atoms with Gasteiger partial charge in [0.1, 0.15) is 12.4 Å². The van der Waals surface area contributed by atoms with Crippen molar-refractivity contribution in [2.24, 2.45) is 5.10 Å². The molecule has 0 heterocycles. The SMILES string of the molecule is COc1cc(/C=N\NC(=O)[C@H](C)Oc2ccc(Cl)cc2Cl)ccc1OCc1ccc(Cl)cc1. The summed E-state index contributed by atoms with van der Waals surface area (Å²) in [6.07, 6.45) is 0.671. The molecule has 3 aromatic carbocycles. The molecule has 33 heavy (non-hydrogen) atoms. The Balaban J connectivity index is 1.56. The van der Waals surface area contributed by atoms with Gasteiger partial charge in [-0.1, -0.05) is 46.9 Å². The molecule has 1 amide bonds. The highest BCUT2D eigenvalue weighted by Crippen LogP contribution is 2.29. The molecule has 0 saturated heterocycles. The first-order valence-electron chi connectivity index (χ1n) is 9.85. The fourth-order valence-electron chi connectivity index (χ4n) is 2.70. The van der Waals surface area contributed by atoms with Crippen LogP contribution in [0.1, 0.15) is 18.1 Å². The second-order valence-corrected chi connectivity index (χ2v) is 8.17. The summed E-state index contributed by atoms with van der Waals surface area (Å²) in [7, 11) is 1.55. The summed E-state index contributed by atoms with van der Waals surface area (Å²) in [5.74, 6) is 1.03. The summed E-state index contributed by atoms with van der Waals surface area (Å²) >= 11 is 17.8. The van der Waals surface area contributed by atoms with Gasteiger partial charge in [0, 0.05) is 10.0 Å². The third-order valence-corrected chi connectivity index (χ3v) is 5.23. The molecule has 0 spiro atoms. The second-order valence-electron chi connectivity index (χ2n) is 6.89. The number of amides is 1. The van der Waals surface area contributed by atoms with Crippen molar-refractivity contribution in [1.29, 1.82) is 0 Å². The van der Waals surface area contributed by atoms with Gasteiger partial charge < -0.3 is 14.2 Å². The molecule has 1 N–H and O–H groups in total. The van der Waals surface area contributed by atoms with Gasteiger partial charge in [-0.15, -0.1) is 0 Å². The number of methoxy groups -OCH3 is 1. The van der Waals surface area contributed by atoms with Gasteiger partial charge >= 0.3 is 0 Å². The first kappa shape index (κ1) is 24.7. The number of rotatable bonds is 9. The minimum absolute atomic E-state index is 0.316. The first-order chi connectivity index (χ1) is 15.9. The number of nitrogens with zero attached hydrogens (tertiary/aromatic N) is 1. The fraction of sp³-hybridized carbons (Fsp3) is 0.167. The smallest absolute Gasteiger partial charge is 0.280 e. The van der Waals surface area contributed by atoms with Crippen LogP contribution in [0.15, 0.2) is 65.8 Å². The number of hydrazone groups is 1. The van der Waals surface area contributed by atoms with Crippen LogP contribution in [-0.2, 0) is 11.4 Å². The highest BCUT2D eigenvalue weighted by atomic mass is 35.5. The molecule has 172 valence electrons. The molecule has 3 rings (SSSR count). The lowest BCUT2D eigenvalue weighted by atomic mass is 10.2. The highest BCUT2D eigenvalue weighted by molar-refractivity contribution is 6.35. The number of carbonyl (C=O) groups is 1. The number of nitrogens with one attached hydrogen (secondary N) is 1. The summed E-state index contributed by atoms with van der Waals surface area (Å²) in [4.78, 5) is 12.3. The van der Waals surface area contributed by atoms with E-state index in [0.717, 1.165) is 5.56 Å². The van der Waals surface area contributed by atoms with Gasteiger partial charge in [0.15, 0.2) is 17.6 Å². The molecule has 9 heteroatoms. The minimum Gasteiger partial charge on any atom is -0.493 e. The summed E-state index contributed by atoms with van der Waals surface area (Å²) in [6, 6.07) is 17.5. The van der Waals surface area contributed by atoms with Crippen molar-refractivity contribution in [3.05, 3.63) is 86.9 Å². The Morgan fingerprint density at radius 2 is 1.67 bits per heavy atom. The molecule has 0 aliphatic carbocycles. The van der Waals surface area contributed by atoms with Gasteiger partial charge in [0.25, 0.3) is 5.91 Å². The molecular weight excluding hydrogens is 487 g/mol. The summed E-state index contributed by atoms with van der Waals surface area (Å²) in [5, 5.41) is 5.44. The zero-order valence-electron chi connectivity index (χ0n) is 17.8. The van der Waals surface area contributed by atoms with Crippen LogP contribution >= 0.6 is 34.8 Å². The zero-order chi connectivity index (χ0) is 23.8. The van der Waals surface area contributed by atoms with Crippen LogP contribution in [0.2, 0.25) is 15.1 Å². The lowest BCUT2D eigenvalue weighted by Gasteiger charge is -2.14. The topological polar surface area (TPSA) is 69.2 Å². The van der Waals surface area contributed by atoms with Crippen LogP contribution < -0.4 is 19.6 Å². The highest BCUT2D eigenvalue weighted by Gasteiger charge is 2.15. The first-order valence-corrected chi connectivity index (χ1v) is 11.0. The van der Waals surface area contributed by atoms with Crippen LogP contribution in [0.3, 0.4) is 0 Å². The quantitative estimate of drug-likeness (QED) is 0.278.